The molecule has 0 aliphatic heterocycles. The molecule has 7 nitrogen and oxygen atoms in total. The summed E-state index contributed by atoms with van der Waals surface area (Å²) in [6, 6.07) is 0. The maximum atomic E-state index is 11.0. The summed E-state index contributed by atoms with van der Waals surface area (Å²) < 4.78 is 9.45. The van der Waals surface area contributed by atoms with Crippen molar-refractivity contribution in [2.45, 2.75) is 39.1 Å². The molecule has 0 radical (unpaired) electrons. The molecule has 0 aromatic rings. The van der Waals surface area contributed by atoms with Crippen molar-refractivity contribution in [2.75, 3.05) is 0 Å². The number of carbonyl (C=O) groups is 2. The lowest BCUT2D eigenvalue weighted by molar-refractivity contribution is -0.235. The molecule has 0 bridgehead atoms. The van der Waals surface area contributed by atoms with Crippen molar-refractivity contribution in [3.8, 4) is 0 Å². The van der Waals surface area contributed by atoms with Gasteiger partial charge in [0.15, 0.2) is 6.10 Å². The van der Waals surface area contributed by atoms with E-state index in [4.69, 9.17) is 14.6 Å². The van der Waals surface area contributed by atoms with E-state index in [0.717, 1.165) is 0 Å². The molecule has 0 rings (SSSR count). The molecule has 0 aromatic heterocycles. The van der Waals surface area contributed by atoms with Crippen LogP contribution in [0.4, 0.5) is 0 Å². The molecular weight excluding hydrogens is 236 g/mol. The van der Waals surface area contributed by atoms with Gasteiger partial charge in [0.25, 0.3) is 0 Å². The zero-order valence-electron chi connectivity index (χ0n) is 9.59. The maximum Gasteiger partial charge on any atom is 0.442 e. The van der Waals surface area contributed by atoms with E-state index in [0.29, 0.717) is 0 Å². The van der Waals surface area contributed by atoms with Gasteiger partial charge >= 0.3 is 20.5 Å². The van der Waals surface area contributed by atoms with Crippen LogP contribution in [-0.2, 0) is 23.5 Å². The highest BCUT2D eigenvalue weighted by Crippen LogP contribution is 2.09. The molecule has 16 heavy (non-hydrogen) atoms. The Labute approximate surface area is 94.1 Å². The predicted molar refractivity (Wildman–Crippen MR) is 54.1 cm³/mol. The third kappa shape index (κ3) is 5.81. The third-order valence-corrected chi connectivity index (χ3v) is 2.53. The first kappa shape index (κ1) is 15.0. The summed E-state index contributed by atoms with van der Waals surface area (Å²) in [5.41, 5.74) is 0. The monoisotopic (exact) mass is 252 g/mol. The standard InChI is InChI=1S/C8H16O7Si/c1-5(9)7(11)13-15-16(3,4)14-8(12)6(2)10/h5-6,9-10H,1-4H3. The molecule has 0 amide bonds. The van der Waals surface area contributed by atoms with Gasteiger partial charge < -0.3 is 19.5 Å². The topological polar surface area (TPSA) is 102 Å². The van der Waals surface area contributed by atoms with Crippen molar-refractivity contribution in [1.29, 1.82) is 0 Å². The minimum Gasteiger partial charge on any atom is -0.490 e. The van der Waals surface area contributed by atoms with Crippen LogP contribution in [0.3, 0.4) is 0 Å². The van der Waals surface area contributed by atoms with Gasteiger partial charge in [0.2, 0.25) is 0 Å². The van der Waals surface area contributed by atoms with Crippen LogP contribution in [0.1, 0.15) is 13.8 Å². The molecule has 0 aromatic carbocycles. The fourth-order valence-electron chi connectivity index (χ4n) is 0.556. The van der Waals surface area contributed by atoms with Gasteiger partial charge in [0.05, 0.1) is 0 Å². The second-order valence-electron chi connectivity index (χ2n) is 3.66. The lowest BCUT2D eigenvalue weighted by Gasteiger charge is -2.21. The molecule has 0 saturated carbocycles. The molecule has 2 N–H and O–H groups in total. The minimum absolute atomic E-state index is 0.857. The molecule has 94 valence electrons. The van der Waals surface area contributed by atoms with Gasteiger partial charge in [-0.25, -0.2) is 4.79 Å². The Hall–Kier alpha value is -0.963. The Kier molecular flexibility index (Phi) is 5.58. The summed E-state index contributed by atoms with van der Waals surface area (Å²) in [5.74, 6) is -1.83. The van der Waals surface area contributed by atoms with Crippen LogP contribution in [0.25, 0.3) is 0 Å². The molecule has 0 heterocycles. The first-order valence-electron chi connectivity index (χ1n) is 4.64. The molecule has 8 heteroatoms. The Morgan fingerprint density at radius 2 is 1.50 bits per heavy atom. The van der Waals surface area contributed by atoms with Gasteiger partial charge in [-0.2, -0.15) is 4.58 Å². The molecule has 0 fully saturated rings. The van der Waals surface area contributed by atoms with Crippen LogP contribution in [0.5, 0.6) is 0 Å². The van der Waals surface area contributed by atoms with E-state index in [1.54, 1.807) is 0 Å². The molecule has 0 spiro atoms. The number of hydrogen-bond donors (Lipinski definition) is 2. The van der Waals surface area contributed by atoms with E-state index in [1.807, 2.05) is 0 Å². The summed E-state index contributed by atoms with van der Waals surface area (Å²) in [4.78, 5) is 26.1. The van der Waals surface area contributed by atoms with Crippen molar-refractivity contribution in [3.05, 3.63) is 0 Å². The Morgan fingerprint density at radius 1 is 1.06 bits per heavy atom. The highest BCUT2D eigenvalue weighted by Gasteiger charge is 2.34. The largest absolute Gasteiger partial charge is 0.490 e. The highest BCUT2D eigenvalue weighted by atomic mass is 28.4. The lowest BCUT2D eigenvalue weighted by Crippen LogP contribution is -2.41. The average Bonchev–Trinajstić information content (AvgIpc) is 2.13. The van der Waals surface area contributed by atoms with E-state index in [-0.39, 0.29) is 0 Å². The molecule has 0 aliphatic carbocycles. The summed E-state index contributed by atoms with van der Waals surface area (Å²) in [6.45, 7) is 5.35. The quantitative estimate of drug-likeness (QED) is 0.385. The Bertz CT molecular complexity index is 261. The van der Waals surface area contributed by atoms with Gasteiger partial charge in [0.1, 0.15) is 6.10 Å². The third-order valence-electron chi connectivity index (χ3n) is 1.35. The van der Waals surface area contributed by atoms with Crippen molar-refractivity contribution >= 4 is 20.5 Å². The van der Waals surface area contributed by atoms with Crippen molar-refractivity contribution in [1.82, 2.24) is 0 Å². The molecular formula is C8H16O7Si. The second-order valence-corrected chi connectivity index (χ2v) is 6.83. The first-order chi connectivity index (χ1) is 7.15. The SMILES string of the molecule is CC(O)C(=O)OO[Si](C)(C)OC(=O)C(C)O. The number of aliphatic hydroxyl groups is 2. The zero-order chi connectivity index (χ0) is 12.9. The van der Waals surface area contributed by atoms with Gasteiger partial charge in [-0.05, 0) is 26.9 Å². The molecule has 2 unspecified atom stereocenters. The maximum absolute atomic E-state index is 11.0. The highest BCUT2D eigenvalue weighted by molar-refractivity contribution is 6.66. The molecule has 0 saturated heterocycles. The smallest absolute Gasteiger partial charge is 0.442 e. The van der Waals surface area contributed by atoms with E-state index in [1.165, 1.54) is 26.9 Å². The molecule has 2 atom stereocenters. The fourth-order valence-corrected chi connectivity index (χ4v) is 1.53. The summed E-state index contributed by atoms with van der Waals surface area (Å²) in [6.07, 6.45) is -2.60. The Morgan fingerprint density at radius 3 is 1.88 bits per heavy atom. The van der Waals surface area contributed by atoms with Gasteiger partial charge in [-0.15, -0.1) is 0 Å². The van der Waals surface area contributed by atoms with Crippen LogP contribution in [0.15, 0.2) is 0 Å². The second kappa shape index (κ2) is 5.94. The van der Waals surface area contributed by atoms with E-state index >= 15 is 0 Å². The average molecular weight is 252 g/mol. The van der Waals surface area contributed by atoms with Crippen LogP contribution in [0.2, 0.25) is 13.1 Å². The summed E-state index contributed by atoms with van der Waals surface area (Å²) in [7, 11) is -3.00. The van der Waals surface area contributed by atoms with Gasteiger partial charge in [0, 0.05) is 0 Å². The van der Waals surface area contributed by atoms with E-state index in [9.17, 15) is 9.59 Å². The number of rotatable bonds is 5. The summed E-state index contributed by atoms with van der Waals surface area (Å²) in [5, 5.41) is 17.7. The normalized spacial score (nSPS) is 15.1. The zero-order valence-corrected chi connectivity index (χ0v) is 10.6. The van der Waals surface area contributed by atoms with Crippen LogP contribution in [0, 0.1) is 0 Å². The lowest BCUT2D eigenvalue weighted by atomic mass is 10.4. The minimum atomic E-state index is -3.00. The number of hydrogen-bond acceptors (Lipinski definition) is 7. The van der Waals surface area contributed by atoms with Crippen LogP contribution >= 0.6 is 0 Å². The fraction of sp³-hybridized carbons (Fsp3) is 0.750. The van der Waals surface area contributed by atoms with Crippen molar-refractivity contribution < 1.29 is 33.7 Å². The van der Waals surface area contributed by atoms with Crippen LogP contribution < -0.4 is 0 Å². The number of aliphatic hydroxyl groups excluding tert-OH is 2. The van der Waals surface area contributed by atoms with Gasteiger partial charge in [-0.3, -0.25) is 4.79 Å². The first-order valence-corrected chi connectivity index (χ1v) is 7.46. The van der Waals surface area contributed by atoms with Gasteiger partial charge in [-0.1, -0.05) is 0 Å². The molecule has 0 aliphatic rings. The summed E-state index contributed by atoms with van der Waals surface area (Å²) >= 11 is 0. The number of carbonyl (C=O) groups excluding carboxylic acids is 2. The van der Waals surface area contributed by atoms with E-state index < -0.39 is 32.7 Å². The predicted octanol–water partition coefficient (Wildman–Crippen LogP) is -0.532. The van der Waals surface area contributed by atoms with Crippen molar-refractivity contribution in [3.63, 3.8) is 0 Å². The van der Waals surface area contributed by atoms with Crippen molar-refractivity contribution in [2.24, 2.45) is 0 Å². The van der Waals surface area contributed by atoms with Crippen LogP contribution in [-0.4, -0.2) is 42.9 Å². The van der Waals surface area contributed by atoms with E-state index in [2.05, 4.69) is 9.46 Å². The Balaban J connectivity index is 4.15.